The maximum atomic E-state index is 14.2. The molecular weight excluding hydrogens is 438 g/mol. The van der Waals surface area contributed by atoms with Crippen molar-refractivity contribution in [3.8, 4) is 6.07 Å². The Kier molecular flexibility index (Phi) is 6.00. The minimum absolute atomic E-state index is 0.0186. The molecule has 0 radical (unpaired) electrons. The monoisotopic (exact) mass is 467 g/mol. The second-order valence-corrected chi connectivity index (χ2v) is 9.96. The summed E-state index contributed by atoms with van der Waals surface area (Å²) in [5.41, 5.74) is 2.26. The summed E-state index contributed by atoms with van der Waals surface area (Å²) >= 11 is 0. The Labute approximate surface area is 205 Å². The summed E-state index contributed by atoms with van der Waals surface area (Å²) in [6.45, 7) is 5.83. The van der Waals surface area contributed by atoms with Gasteiger partial charge in [-0.25, -0.2) is 0 Å². The predicted molar refractivity (Wildman–Crippen MR) is 132 cm³/mol. The van der Waals surface area contributed by atoms with Crippen molar-refractivity contribution in [1.82, 2.24) is 20.5 Å². The normalized spacial score (nSPS) is 27.8. The topological polar surface area (TPSA) is 98.1 Å². The van der Waals surface area contributed by atoms with Crippen molar-refractivity contribution in [2.75, 3.05) is 13.1 Å². The van der Waals surface area contributed by atoms with Crippen molar-refractivity contribution in [3.05, 3.63) is 89.0 Å². The lowest BCUT2D eigenvalue weighted by Gasteiger charge is -2.27. The van der Waals surface area contributed by atoms with Gasteiger partial charge in [-0.05, 0) is 74.1 Å². The van der Waals surface area contributed by atoms with Crippen LogP contribution in [0.1, 0.15) is 41.8 Å². The Morgan fingerprint density at radius 3 is 2.49 bits per heavy atom. The van der Waals surface area contributed by atoms with Crippen LogP contribution >= 0.6 is 0 Å². The number of nitrogens with zero attached hydrogens (tertiary/aromatic N) is 3. The van der Waals surface area contributed by atoms with Gasteiger partial charge in [0.25, 0.3) is 5.91 Å². The van der Waals surface area contributed by atoms with Crippen LogP contribution in [0.2, 0.25) is 0 Å². The van der Waals surface area contributed by atoms with Crippen LogP contribution in [0.15, 0.2) is 72.3 Å². The van der Waals surface area contributed by atoms with Gasteiger partial charge in [-0.3, -0.25) is 19.5 Å². The van der Waals surface area contributed by atoms with Crippen LogP contribution < -0.4 is 10.6 Å². The molecule has 35 heavy (non-hydrogen) atoms. The number of pyridine rings is 1. The molecule has 2 N–H and O–H groups in total. The number of nitrogens with one attached hydrogen (secondary N) is 2. The zero-order chi connectivity index (χ0) is 24.6. The number of amides is 1. The van der Waals surface area contributed by atoms with E-state index in [-0.39, 0.29) is 17.7 Å². The summed E-state index contributed by atoms with van der Waals surface area (Å²) in [5, 5.41) is 16.0. The Hall–Kier alpha value is -3.76. The van der Waals surface area contributed by atoms with Crippen LogP contribution in [-0.4, -0.2) is 46.2 Å². The molecule has 3 heterocycles. The first-order valence-electron chi connectivity index (χ1n) is 12.0. The first kappa shape index (κ1) is 23.0. The van der Waals surface area contributed by atoms with Gasteiger partial charge in [-0.1, -0.05) is 11.6 Å². The minimum atomic E-state index is -0.875. The molecule has 7 heteroatoms. The van der Waals surface area contributed by atoms with E-state index < -0.39 is 5.54 Å². The number of nitriles is 1. The summed E-state index contributed by atoms with van der Waals surface area (Å²) in [4.78, 5) is 33.4. The van der Waals surface area contributed by atoms with E-state index in [0.29, 0.717) is 41.6 Å². The number of hydrogen-bond donors (Lipinski definition) is 2. The Balaban J connectivity index is 1.53. The van der Waals surface area contributed by atoms with Crippen molar-refractivity contribution in [1.29, 1.82) is 5.26 Å². The lowest BCUT2D eigenvalue weighted by molar-refractivity contribution is -0.132. The van der Waals surface area contributed by atoms with Gasteiger partial charge in [0.1, 0.15) is 11.4 Å². The Morgan fingerprint density at radius 1 is 1.17 bits per heavy atom. The SMILES string of the molecule is CC(C)=CCC1(Cc2ccncc2)N/C(=C\C(=O)c2ccc(C#N)cc2)N(C2C3CNCC32)C1=O. The molecule has 7 nitrogen and oxygen atoms in total. The fourth-order valence-corrected chi connectivity index (χ4v) is 5.34. The first-order chi connectivity index (χ1) is 16.9. The molecule has 3 aliphatic rings. The lowest BCUT2D eigenvalue weighted by atomic mass is 9.87. The maximum absolute atomic E-state index is 14.2. The van der Waals surface area contributed by atoms with E-state index in [9.17, 15) is 9.59 Å². The fraction of sp³-hybridized carbons (Fsp3) is 0.357. The molecule has 1 aromatic heterocycles. The van der Waals surface area contributed by atoms with Gasteiger partial charge in [0.15, 0.2) is 5.78 Å². The molecule has 5 rings (SSSR count). The fourth-order valence-electron chi connectivity index (χ4n) is 5.34. The van der Waals surface area contributed by atoms with Crippen LogP contribution in [0.3, 0.4) is 0 Å². The van der Waals surface area contributed by atoms with Crippen molar-refractivity contribution in [3.63, 3.8) is 0 Å². The third-order valence-corrected chi connectivity index (χ3v) is 7.28. The number of rotatable bonds is 7. The second-order valence-electron chi connectivity index (χ2n) is 9.96. The molecule has 1 saturated carbocycles. The molecule has 1 amide bonds. The average molecular weight is 468 g/mol. The van der Waals surface area contributed by atoms with E-state index in [1.807, 2.05) is 30.9 Å². The van der Waals surface area contributed by atoms with Gasteiger partial charge in [0.2, 0.25) is 0 Å². The van der Waals surface area contributed by atoms with Gasteiger partial charge in [0, 0.05) is 49.6 Å². The number of piperidine rings is 1. The van der Waals surface area contributed by atoms with E-state index >= 15 is 0 Å². The third-order valence-electron chi connectivity index (χ3n) is 7.28. The van der Waals surface area contributed by atoms with E-state index in [0.717, 1.165) is 24.2 Å². The largest absolute Gasteiger partial charge is 0.357 e. The Morgan fingerprint density at radius 2 is 1.86 bits per heavy atom. The number of benzene rings is 1. The van der Waals surface area contributed by atoms with E-state index in [4.69, 9.17) is 5.26 Å². The zero-order valence-corrected chi connectivity index (χ0v) is 20.0. The summed E-state index contributed by atoms with van der Waals surface area (Å²) < 4.78 is 0. The van der Waals surface area contributed by atoms with Gasteiger partial charge in [0.05, 0.1) is 11.6 Å². The quantitative estimate of drug-likeness (QED) is 0.369. The van der Waals surface area contributed by atoms with Crippen LogP contribution in [0, 0.1) is 23.2 Å². The number of aromatic nitrogens is 1. The van der Waals surface area contributed by atoms with Gasteiger partial charge in [-0.2, -0.15) is 5.26 Å². The number of hydrogen-bond acceptors (Lipinski definition) is 6. The molecule has 3 unspecified atom stereocenters. The third kappa shape index (κ3) is 4.38. The highest BCUT2D eigenvalue weighted by Crippen LogP contribution is 2.49. The summed E-state index contributed by atoms with van der Waals surface area (Å²) in [6.07, 6.45) is 8.14. The van der Waals surface area contributed by atoms with E-state index in [1.54, 1.807) is 42.7 Å². The van der Waals surface area contributed by atoms with E-state index in [2.05, 4.69) is 27.8 Å². The molecule has 1 aromatic carbocycles. The Bertz CT molecular complexity index is 1230. The molecule has 3 atom stereocenters. The average Bonchev–Trinajstić information content (AvgIpc) is 3.19. The summed E-state index contributed by atoms with van der Waals surface area (Å²) in [7, 11) is 0. The van der Waals surface area contributed by atoms with Crippen LogP contribution in [0.25, 0.3) is 0 Å². The van der Waals surface area contributed by atoms with Crippen molar-refractivity contribution in [2.24, 2.45) is 11.8 Å². The smallest absolute Gasteiger partial charge is 0.254 e. The minimum Gasteiger partial charge on any atom is -0.357 e. The molecule has 178 valence electrons. The standard InChI is InChI=1S/C28H29N5O2/c1-18(2)7-10-28(14-19-8-11-30-12-9-19)27(35)33(26-22-16-31-17-23(22)26)25(32-28)13-24(34)21-5-3-20(15-29)4-6-21/h3-9,11-13,22-23,26,31-32H,10,14,16-17H2,1-2H3/b25-13+. The highest BCUT2D eigenvalue weighted by molar-refractivity contribution is 6.06. The molecule has 2 aliphatic heterocycles. The van der Waals surface area contributed by atoms with Gasteiger partial charge in [-0.15, -0.1) is 0 Å². The molecule has 0 bridgehead atoms. The molecule has 1 aliphatic carbocycles. The molecule has 2 aromatic rings. The number of fused-ring (bicyclic) bond motifs is 1. The number of ketones is 1. The predicted octanol–water partition coefficient (Wildman–Crippen LogP) is 2.96. The summed E-state index contributed by atoms with van der Waals surface area (Å²) in [5.74, 6) is 1.22. The first-order valence-corrected chi connectivity index (χ1v) is 12.0. The van der Waals surface area contributed by atoms with Crippen molar-refractivity contribution >= 4 is 11.7 Å². The van der Waals surface area contributed by atoms with Crippen molar-refractivity contribution in [2.45, 2.75) is 38.3 Å². The van der Waals surface area contributed by atoms with Crippen LogP contribution in [-0.2, 0) is 11.2 Å². The van der Waals surface area contributed by atoms with E-state index in [1.165, 1.54) is 0 Å². The van der Waals surface area contributed by atoms with Gasteiger partial charge >= 0.3 is 0 Å². The van der Waals surface area contributed by atoms with Gasteiger partial charge < -0.3 is 10.6 Å². The zero-order valence-electron chi connectivity index (χ0n) is 20.0. The molecule has 3 fully saturated rings. The van der Waals surface area contributed by atoms with Crippen molar-refractivity contribution < 1.29 is 9.59 Å². The number of allylic oxidation sites excluding steroid dienone is 2. The summed E-state index contributed by atoms with van der Waals surface area (Å²) in [6, 6.07) is 12.6. The molecule has 0 spiro atoms. The second kappa shape index (κ2) is 9.12. The highest BCUT2D eigenvalue weighted by Gasteiger charge is 2.62. The van der Waals surface area contributed by atoms with Crippen LogP contribution in [0.5, 0.6) is 0 Å². The number of carbonyl (C=O) groups excluding carboxylic acids is 2. The molecule has 2 saturated heterocycles. The number of carbonyl (C=O) groups is 2. The highest BCUT2D eigenvalue weighted by atomic mass is 16.2. The molecular formula is C28H29N5O2. The maximum Gasteiger partial charge on any atom is 0.254 e. The lowest BCUT2D eigenvalue weighted by Crippen LogP contribution is -2.49. The van der Waals surface area contributed by atoms with Crippen LogP contribution in [0.4, 0.5) is 0 Å².